The van der Waals surface area contributed by atoms with Gasteiger partial charge in [-0.3, -0.25) is 0 Å². The molecule has 0 atom stereocenters. The molecule has 1 nitrogen and oxygen atoms in total. The summed E-state index contributed by atoms with van der Waals surface area (Å²) >= 11 is 0. The summed E-state index contributed by atoms with van der Waals surface area (Å²) in [5.74, 6) is 2.85. The Labute approximate surface area is 429 Å². The van der Waals surface area contributed by atoms with Crippen LogP contribution in [0, 0.1) is 23.7 Å². The lowest BCUT2D eigenvalue weighted by Gasteiger charge is -2.61. The molecule has 0 aliphatic heterocycles. The highest BCUT2D eigenvalue weighted by atomic mass is 15.1. The molecule has 0 amide bonds. The van der Waals surface area contributed by atoms with E-state index in [9.17, 15) is 0 Å². The van der Waals surface area contributed by atoms with E-state index in [1.54, 1.807) is 11.1 Å². The van der Waals surface area contributed by atoms with Crippen LogP contribution in [0.4, 0.5) is 17.1 Å². The zero-order valence-corrected chi connectivity index (χ0v) is 41.0. The molecule has 0 heterocycles. The molecule has 4 fully saturated rings. The van der Waals surface area contributed by atoms with E-state index in [0.717, 1.165) is 23.2 Å². The van der Waals surface area contributed by atoms with Crippen molar-refractivity contribution < 1.29 is 0 Å². The number of hydrogen-bond acceptors (Lipinski definition) is 1. The van der Waals surface area contributed by atoms with E-state index in [1.807, 2.05) is 0 Å². The summed E-state index contributed by atoms with van der Waals surface area (Å²) in [5.41, 5.74) is 22.3. The minimum Gasteiger partial charge on any atom is -0.310 e. The van der Waals surface area contributed by atoms with Crippen LogP contribution in [0.15, 0.2) is 249 Å². The molecule has 4 bridgehead atoms. The fourth-order valence-corrected chi connectivity index (χ4v) is 15.1. The van der Waals surface area contributed by atoms with Crippen molar-refractivity contribution in [1.82, 2.24) is 0 Å². The Hall–Kier alpha value is -8.26. The maximum Gasteiger partial charge on any atom is 0.0540 e. The van der Waals surface area contributed by atoms with E-state index in [-0.39, 0.29) is 5.41 Å². The molecule has 16 rings (SSSR count). The van der Waals surface area contributed by atoms with E-state index in [2.05, 4.69) is 254 Å². The van der Waals surface area contributed by atoms with Crippen LogP contribution in [0.25, 0.3) is 88.3 Å². The first kappa shape index (κ1) is 42.4. The van der Waals surface area contributed by atoms with E-state index in [1.165, 1.54) is 126 Å². The molecule has 0 radical (unpaired) electrons. The van der Waals surface area contributed by atoms with Gasteiger partial charge < -0.3 is 4.90 Å². The molecule has 348 valence electrons. The molecule has 0 N–H and O–H groups in total. The minimum atomic E-state index is -0.0854. The van der Waals surface area contributed by atoms with Gasteiger partial charge in [-0.15, -0.1) is 0 Å². The Morgan fingerprint density at radius 1 is 0.301 bits per heavy atom. The summed E-state index contributed by atoms with van der Waals surface area (Å²) in [4.78, 5) is 2.44. The maximum absolute atomic E-state index is 2.72. The molecule has 5 aliphatic carbocycles. The number of para-hydroxylation sites is 1. The highest BCUT2D eigenvalue weighted by molar-refractivity contribution is 6.10. The fourth-order valence-electron chi connectivity index (χ4n) is 15.1. The van der Waals surface area contributed by atoms with Crippen molar-refractivity contribution in [2.75, 3.05) is 4.90 Å². The van der Waals surface area contributed by atoms with Crippen molar-refractivity contribution >= 4 is 38.6 Å². The van der Waals surface area contributed by atoms with Gasteiger partial charge in [0.1, 0.15) is 0 Å². The van der Waals surface area contributed by atoms with Gasteiger partial charge in [0.05, 0.1) is 5.69 Å². The second kappa shape index (κ2) is 16.9. The van der Waals surface area contributed by atoms with Gasteiger partial charge in [0.15, 0.2) is 0 Å². The van der Waals surface area contributed by atoms with E-state index >= 15 is 0 Å². The maximum atomic E-state index is 2.72. The number of fused-ring (bicyclic) bond motifs is 5. The molecule has 11 aromatic carbocycles. The molecule has 0 saturated heterocycles. The fraction of sp³-hybridized carbons (Fsp3) is 0.139. The molecule has 73 heavy (non-hydrogen) atoms. The lowest BCUT2D eigenvalue weighted by Crippen LogP contribution is -2.55. The summed E-state index contributed by atoms with van der Waals surface area (Å²) < 4.78 is 0. The van der Waals surface area contributed by atoms with Crippen molar-refractivity contribution in [1.29, 1.82) is 0 Å². The minimum absolute atomic E-state index is 0.0854. The monoisotopic (exact) mass is 933 g/mol. The summed E-state index contributed by atoms with van der Waals surface area (Å²) in [7, 11) is 0. The average Bonchev–Trinajstić information content (AvgIpc) is 3.84. The topological polar surface area (TPSA) is 3.24 Å². The molecular weight excluding hydrogens is 879 g/mol. The van der Waals surface area contributed by atoms with E-state index in [4.69, 9.17) is 0 Å². The van der Waals surface area contributed by atoms with Gasteiger partial charge >= 0.3 is 0 Å². The van der Waals surface area contributed by atoms with Gasteiger partial charge in [-0.1, -0.05) is 194 Å². The van der Waals surface area contributed by atoms with Crippen LogP contribution in [0.1, 0.15) is 43.2 Å². The van der Waals surface area contributed by atoms with Crippen LogP contribution in [-0.4, -0.2) is 0 Å². The first-order valence-electron chi connectivity index (χ1n) is 26.7. The number of anilines is 3. The normalized spacial score (nSPS) is 20.1. The Morgan fingerprint density at radius 2 is 0.836 bits per heavy atom. The molecule has 11 aromatic rings. The third kappa shape index (κ3) is 6.68. The van der Waals surface area contributed by atoms with Gasteiger partial charge in [-0.2, -0.15) is 0 Å². The van der Waals surface area contributed by atoms with Gasteiger partial charge in [-0.25, -0.2) is 0 Å². The highest BCUT2D eigenvalue weighted by Gasteiger charge is 2.62. The van der Waals surface area contributed by atoms with Crippen LogP contribution in [0.5, 0.6) is 0 Å². The van der Waals surface area contributed by atoms with Crippen LogP contribution in [0.2, 0.25) is 0 Å². The first-order valence-corrected chi connectivity index (χ1v) is 26.7. The van der Waals surface area contributed by atoms with Gasteiger partial charge in [0.2, 0.25) is 0 Å². The van der Waals surface area contributed by atoms with Crippen molar-refractivity contribution in [2.24, 2.45) is 23.7 Å². The van der Waals surface area contributed by atoms with Gasteiger partial charge in [0.25, 0.3) is 0 Å². The molecule has 1 spiro atoms. The Kier molecular flexibility index (Phi) is 9.84. The lowest BCUT2D eigenvalue weighted by atomic mass is 9.43. The number of nitrogens with zero attached hydrogens (tertiary/aromatic N) is 1. The predicted octanol–water partition coefficient (Wildman–Crippen LogP) is 19.5. The zero-order valence-electron chi connectivity index (χ0n) is 41.0. The predicted molar refractivity (Wildman–Crippen MR) is 307 cm³/mol. The third-order valence-corrected chi connectivity index (χ3v) is 17.8. The number of rotatable bonds is 8. The molecule has 5 aliphatic rings. The summed E-state index contributed by atoms with van der Waals surface area (Å²) in [6, 6.07) is 93.8. The molecule has 0 unspecified atom stereocenters. The zero-order chi connectivity index (χ0) is 48.0. The summed E-state index contributed by atoms with van der Waals surface area (Å²) in [5, 5.41) is 5.07. The van der Waals surface area contributed by atoms with Crippen molar-refractivity contribution in [3.05, 3.63) is 260 Å². The second-order valence-corrected chi connectivity index (χ2v) is 21.6. The van der Waals surface area contributed by atoms with Crippen molar-refractivity contribution in [2.45, 2.75) is 37.5 Å². The summed E-state index contributed by atoms with van der Waals surface area (Å²) in [6.07, 6.45) is 6.70. The highest BCUT2D eigenvalue weighted by Crippen LogP contribution is 2.71. The summed E-state index contributed by atoms with van der Waals surface area (Å²) in [6.45, 7) is 0. The third-order valence-electron chi connectivity index (χ3n) is 17.8. The van der Waals surface area contributed by atoms with Gasteiger partial charge in [-0.05, 0) is 204 Å². The smallest absolute Gasteiger partial charge is 0.0540 e. The average molecular weight is 934 g/mol. The van der Waals surface area contributed by atoms with E-state index in [0.29, 0.717) is 11.8 Å². The standard InChI is InChI=1S/C72H55N/c1-5-18-49(19-6-1)50-32-34-58(35-33-50)73(57-26-11-4-12-27-57)70-37-36-60(61-29-15-16-30-63(61)70)54-43-66(62-31-17-25-51-24-13-14-28-59(51)62)71-67-45-64(52-20-7-2-8-21-52)65(53-22-9-3-10-23-53)46-68(67)72(69(71)44-54)55-39-47-38-48(41-55)42-56(72)40-47/h1-37,43-48,55-56H,38-42H2. The number of hydrogen-bond donors (Lipinski definition) is 0. The van der Waals surface area contributed by atoms with Crippen LogP contribution >= 0.6 is 0 Å². The molecular formula is C72H55N. The van der Waals surface area contributed by atoms with Crippen LogP contribution in [0.3, 0.4) is 0 Å². The largest absolute Gasteiger partial charge is 0.310 e. The van der Waals surface area contributed by atoms with Gasteiger partial charge in [0, 0.05) is 22.2 Å². The van der Waals surface area contributed by atoms with Crippen molar-refractivity contribution in [3.8, 4) is 66.8 Å². The van der Waals surface area contributed by atoms with Crippen LogP contribution < -0.4 is 4.90 Å². The molecule has 4 saturated carbocycles. The first-order chi connectivity index (χ1) is 36.2. The van der Waals surface area contributed by atoms with Crippen molar-refractivity contribution in [3.63, 3.8) is 0 Å². The van der Waals surface area contributed by atoms with E-state index < -0.39 is 0 Å². The lowest BCUT2D eigenvalue weighted by molar-refractivity contribution is -0.0399. The SMILES string of the molecule is c1ccc(-c2ccc(N(c3ccccc3)c3ccc(-c4cc(-c5cccc6ccccc56)c5c(c4)C4(c6cc(-c7ccccc7)c(-c7ccccc7)cc6-5)C5CC6CC(C5)CC4C6)c4ccccc34)cc2)cc1. The Morgan fingerprint density at radius 3 is 1.51 bits per heavy atom. The van der Waals surface area contributed by atoms with Crippen LogP contribution in [-0.2, 0) is 5.41 Å². The quantitative estimate of drug-likeness (QED) is 0.147. The Bertz CT molecular complexity index is 3860. The molecule has 1 heteroatoms. The number of benzene rings is 11. The second-order valence-electron chi connectivity index (χ2n) is 21.6. The molecule has 0 aromatic heterocycles. The Balaban J connectivity index is 1.000.